The minimum atomic E-state index is -2.73. The van der Waals surface area contributed by atoms with Gasteiger partial charge in [-0.3, -0.25) is 9.19 Å². The van der Waals surface area contributed by atoms with Crippen molar-refractivity contribution in [2.75, 3.05) is 0 Å². The molecule has 5 nitrogen and oxygen atoms in total. The van der Waals surface area contributed by atoms with Crippen molar-refractivity contribution in [3.05, 3.63) is 72.2 Å². The molecule has 130 valence electrons. The van der Waals surface area contributed by atoms with Crippen LogP contribution in [0.2, 0.25) is 0 Å². The second kappa shape index (κ2) is 6.07. The second-order valence-corrected chi connectivity index (χ2v) is 8.37. The summed E-state index contributed by atoms with van der Waals surface area (Å²) in [4.78, 5) is 10.3. The molecule has 3 aromatic heterocycles. The first kappa shape index (κ1) is 16.5. The highest BCUT2D eigenvalue weighted by atomic mass is 32.2. The van der Waals surface area contributed by atoms with Crippen molar-refractivity contribution in [3.63, 3.8) is 0 Å². The molecule has 0 amide bonds. The lowest BCUT2D eigenvalue weighted by Gasteiger charge is -2.10. The van der Waals surface area contributed by atoms with Crippen molar-refractivity contribution in [3.8, 4) is 11.4 Å². The van der Waals surface area contributed by atoms with Gasteiger partial charge in [0.05, 0.1) is 17.1 Å². The summed E-state index contributed by atoms with van der Waals surface area (Å²) in [6.07, 6.45) is 1.74. The third-order valence-electron chi connectivity index (χ3n) is 4.22. The largest absolute Gasteiger partial charge is 0.258 e. The number of pyridine rings is 1. The van der Waals surface area contributed by atoms with Crippen LogP contribution in [0.4, 0.5) is 0 Å². The van der Waals surface area contributed by atoms with Gasteiger partial charge in [-0.05, 0) is 50.0 Å². The topological polar surface area (TPSA) is 60.2 Å². The third kappa shape index (κ3) is 2.59. The summed E-state index contributed by atoms with van der Waals surface area (Å²) in [6, 6.07) is 16.9. The van der Waals surface area contributed by atoms with Gasteiger partial charge < -0.3 is 0 Å². The number of nitrogens with zero attached hydrogens (tertiary/aromatic N) is 4. The van der Waals surface area contributed by atoms with E-state index in [-0.39, 0.29) is 0 Å². The normalized spacial score (nSPS) is 13.6. The van der Waals surface area contributed by atoms with E-state index in [0.717, 1.165) is 17.1 Å². The van der Waals surface area contributed by atoms with Gasteiger partial charge in [0.2, 0.25) is 0 Å². The minimum absolute atomic E-state index is 0.562. The zero-order valence-electron chi connectivity index (χ0n) is 14.6. The summed E-state index contributed by atoms with van der Waals surface area (Å²) < 4.78 is 15.3. The van der Waals surface area contributed by atoms with Gasteiger partial charge in [0.1, 0.15) is 4.90 Å². The summed E-state index contributed by atoms with van der Waals surface area (Å²) in [7, 11) is -2.73. The highest BCUT2D eigenvalue weighted by Crippen LogP contribution is 2.29. The summed E-state index contributed by atoms with van der Waals surface area (Å²) in [5.74, 6) is 4.04. The summed E-state index contributed by atoms with van der Waals surface area (Å²) in [5, 5.41) is 4.62. The van der Waals surface area contributed by atoms with Crippen LogP contribution in [0.5, 0.6) is 0 Å². The predicted octanol–water partition coefficient (Wildman–Crippen LogP) is 3.54. The SMILES string of the molecule is C=S(=O)(c1ccccc1)c1c(C)nn2c(-c3ccccn3)cc(C)nc12. The van der Waals surface area contributed by atoms with Crippen LogP contribution in [-0.2, 0) is 9.52 Å². The first-order chi connectivity index (χ1) is 12.5. The Hall–Kier alpha value is -2.99. The maximum Gasteiger partial charge on any atom is 0.172 e. The van der Waals surface area contributed by atoms with Crippen molar-refractivity contribution in [1.82, 2.24) is 19.6 Å². The molecule has 0 aliphatic heterocycles. The van der Waals surface area contributed by atoms with Crippen LogP contribution in [0, 0.1) is 13.8 Å². The molecule has 0 saturated carbocycles. The molecule has 3 heterocycles. The highest BCUT2D eigenvalue weighted by Gasteiger charge is 2.23. The molecule has 0 aliphatic carbocycles. The lowest BCUT2D eigenvalue weighted by atomic mass is 10.2. The van der Waals surface area contributed by atoms with Crippen molar-refractivity contribution in [1.29, 1.82) is 0 Å². The molecular formula is C20H18N4OS. The Labute approximate surface area is 152 Å². The van der Waals surface area contributed by atoms with Crippen molar-refractivity contribution in [2.45, 2.75) is 23.6 Å². The lowest BCUT2D eigenvalue weighted by molar-refractivity contribution is 0.681. The van der Waals surface area contributed by atoms with E-state index >= 15 is 0 Å². The minimum Gasteiger partial charge on any atom is -0.258 e. The van der Waals surface area contributed by atoms with Gasteiger partial charge in [-0.15, -0.1) is 0 Å². The van der Waals surface area contributed by atoms with E-state index < -0.39 is 9.52 Å². The Kier molecular flexibility index (Phi) is 3.85. The van der Waals surface area contributed by atoms with Crippen LogP contribution in [0.1, 0.15) is 11.4 Å². The van der Waals surface area contributed by atoms with Gasteiger partial charge in [-0.25, -0.2) is 9.50 Å². The molecule has 1 aromatic carbocycles. The monoisotopic (exact) mass is 362 g/mol. The summed E-state index contributed by atoms with van der Waals surface area (Å²) >= 11 is 0. The fourth-order valence-electron chi connectivity index (χ4n) is 3.07. The number of fused-ring (bicyclic) bond motifs is 1. The van der Waals surface area contributed by atoms with E-state index in [1.807, 2.05) is 68.4 Å². The number of benzene rings is 1. The molecular weight excluding hydrogens is 344 g/mol. The number of aromatic nitrogens is 4. The molecule has 0 N–H and O–H groups in total. The molecule has 0 spiro atoms. The fraction of sp³-hybridized carbons (Fsp3) is 0.100. The van der Waals surface area contributed by atoms with E-state index in [0.29, 0.717) is 21.1 Å². The standard InChI is InChI=1S/C20H18N4OS/c1-14-13-18(17-11-7-8-12-21-17)24-20(22-14)19(15(2)23-24)26(3,25)16-9-5-4-6-10-16/h4-13H,3H2,1-2H3. The Bertz CT molecular complexity index is 1200. The first-order valence-corrected chi connectivity index (χ1v) is 9.92. The quantitative estimate of drug-likeness (QED) is 0.523. The smallest absolute Gasteiger partial charge is 0.172 e. The Balaban J connectivity index is 2.05. The highest BCUT2D eigenvalue weighted by molar-refractivity contribution is 8.00. The number of aryl methyl sites for hydroxylation is 2. The van der Waals surface area contributed by atoms with E-state index in [2.05, 4.69) is 20.9 Å². The molecule has 0 aliphatic rings. The molecule has 6 heteroatoms. The van der Waals surface area contributed by atoms with Gasteiger partial charge in [0.15, 0.2) is 5.65 Å². The molecule has 4 aromatic rings. The lowest BCUT2D eigenvalue weighted by Crippen LogP contribution is -2.05. The second-order valence-electron chi connectivity index (χ2n) is 6.14. The fourth-order valence-corrected chi connectivity index (χ4v) is 4.84. The van der Waals surface area contributed by atoms with Gasteiger partial charge in [-0.1, -0.05) is 24.3 Å². The molecule has 0 bridgehead atoms. The number of hydrogen-bond acceptors (Lipinski definition) is 4. The van der Waals surface area contributed by atoms with Crippen molar-refractivity contribution < 1.29 is 4.21 Å². The van der Waals surface area contributed by atoms with Crippen LogP contribution >= 0.6 is 0 Å². The van der Waals surface area contributed by atoms with E-state index in [4.69, 9.17) is 0 Å². The van der Waals surface area contributed by atoms with Crippen LogP contribution in [-0.4, -0.2) is 29.7 Å². The van der Waals surface area contributed by atoms with Gasteiger partial charge in [0.25, 0.3) is 0 Å². The van der Waals surface area contributed by atoms with E-state index in [9.17, 15) is 4.21 Å². The summed E-state index contributed by atoms with van der Waals surface area (Å²) in [5.41, 5.74) is 3.62. The zero-order chi connectivity index (χ0) is 18.3. The number of hydrogen-bond donors (Lipinski definition) is 0. The Morgan fingerprint density at radius 3 is 2.46 bits per heavy atom. The molecule has 0 saturated heterocycles. The average molecular weight is 362 g/mol. The van der Waals surface area contributed by atoms with Gasteiger partial charge >= 0.3 is 0 Å². The van der Waals surface area contributed by atoms with E-state index in [1.54, 1.807) is 10.7 Å². The van der Waals surface area contributed by atoms with Crippen molar-refractivity contribution in [2.24, 2.45) is 0 Å². The molecule has 0 radical (unpaired) electrons. The van der Waals surface area contributed by atoms with Gasteiger partial charge in [0, 0.05) is 26.3 Å². The zero-order valence-corrected chi connectivity index (χ0v) is 15.4. The maximum atomic E-state index is 13.6. The molecule has 26 heavy (non-hydrogen) atoms. The van der Waals surface area contributed by atoms with Crippen LogP contribution in [0.25, 0.3) is 17.0 Å². The maximum absolute atomic E-state index is 13.6. The van der Waals surface area contributed by atoms with Crippen LogP contribution in [0.3, 0.4) is 0 Å². The van der Waals surface area contributed by atoms with Crippen LogP contribution < -0.4 is 0 Å². The van der Waals surface area contributed by atoms with Gasteiger partial charge in [-0.2, -0.15) is 5.10 Å². The Morgan fingerprint density at radius 2 is 1.77 bits per heavy atom. The summed E-state index contributed by atoms with van der Waals surface area (Å²) in [6.45, 7) is 3.75. The average Bonchev–Trinajstić information content (AvgIpc) is 2.99. The third-order valence-corrected chi connectivity index (χ3v) is 6.39. The predicted molar refractivity (Wildman–Crippen MR) is 104 cm³/mol. The van der Waals surface area contributed by atoms with E-state index in [1.165, 1.54) is 0 Å². The molecule has 1 unspecified atom stereocenters. The first-order valence-electron chi connectivity index (χ1n) is 8.19. The molecule has 0 fully saturated rings. The van der Waals surface area contributed by atoms with Crippen molar-refractivity contribution >= 4 is 21.0 Å². The molecule has 1 atom stereocenters. The number of rotatable bonds is 3. The molecule has 4 rings (SSSR count). The van der Waals surface area contributed by atoms with Crippen LogP contribution in [0.15, 0.2) is 70.6 Å². The Morgan fingerprint density at radius 1 is 1.04 bits per heavy atom.